The number of ether oxygens (including phenoxy) is 1. The first-order chi connectivity index (χ1) is 19.6. The number of alkyl halides is 3. The van der Waals surface area contributed by atoms with Gasteiger partial charge in [0.2, 0.25) is 0 Å². The van der Waals surface area contributed by atoms with E-state index >= 15 is 0 Å². The molecule has 12 heteroatoms. The summed E-state index contributed by atoms with van der Waals surface area (Å²) >= 11 is 0. The van der Waals surface area contributed by atoms with Gasteiger partial charge in [-0.1, -0.05) is 36.4 Å². The van der Waals surface area contributed by atoms with E-state index < -0.39 is 22.1 Å². The maximum Gasteiger partial charge on any atom is 0.573 e. The Morgan fingerprint density at radius 3 is 2.44 bits per heavy atom. The molecule has 1 saturated carbocycles. The molecule has 1 N–H and O–H groups in total. The van der Waals surface area contributed by atoms with Crippen LogP contribution in [-0.4, -0.2) is 34.9 Å². The van der Waals surface area contributed by atoms with Gasteiger partial charge in [0.25, 0.3) is 10.0 Å². The van der Waals surface area contributed by atoms with Crippen LogP contribution in [0, 0.1) is 6.92 Å². The molecule has 6 rings (SSSR count). The summed E-state index contributed by atoms with van der Waals surface area (Å²) in [5, 5.41) is 8.47. The quantitative estimate of drug-likeness (QED) is 0.225. The van der Waals surface area contributed by atoms with E-state index in [1.54, 1.807) is 25.3 Å². The Morgan fingerprint density at radius 2 is 1.78 bits per heavy atom. The van der Waals surface area contributed by atoms with Crippen molar-refractivity contribution >= 4 is 26.6 Å². The molecule has 5 aromatic rings. The molecule has 0 saturated heterocycles. The predicted molar refractivity (Wildman–Crippen MR) is 147 cm³/mol. The maximum absolute atomic E-state index is 14.3. The van der Waals surface area contributed by atoms with Crippen molar-refractivity contribution in [1.82, 2.24) is 20.2 Å². The summed E-state index contributed by atoms with van der Waals surface area (Å²) in [6, 6.07) is 17.6. The number of halogens is 3. The van der Waals surface area contributed by atoms with Gasteiger partial charge < -0.3 is 4.74 Å². The van der Waals surface area contributed by atoms with Crippen LogP contribution in [0.4, 0.5) is 19.0 Å². The minimum absolute atomic E-state index is 0.0481. The van der Waals surface area contributed by atoms with Crippen molar-refractivity contribution in [3.63, 3.8) is 0 Å². The summed E-state index contributed by atoms with van der Waals surface area (Å²) in [6.45, 7) is 1.63. The molecule has 2 aromatic heterocycles. The van der Waals surface area contributed by atoms with E-state index in [-0.39, 0.29) is 17.4 Å². The Morgan fingerprint density at radius 1 is 1.02 bits per heavy atom. The molecular formula is C29H24F3N5O3S. The molecule has 41 heavy (non-hydrogen) atoms. The zero-order valence-electron chi connectivity index (χ0n) is 21.8. The third kappa shape index (κ3) is 5.47. The minimum atomic E-state index is -4.83. The Labute approximate surface area is 233 Å². The number of nitrogens with zero attached hydrogens (tertiary/aromatic N) is 4. The number of hydrogen-bond acceptors (Lipinski definition) is 6. The minimum Gasteiger partial charge on any atom is -0.406 e. The van der Waals surface area contributed by atoms with Crippen LogP contribution < -0.4 is 9.04 Å². The van der Waals surface area contributed by atoms with Crippen molar-refractivity contribution in [2.45, 2.75) is 43.5 Å². The molecule has 0 aliphatic heterocycles. The first kappa shape index (κ1) is 26.8. The Balaban J connectivity index is 1.46. The summed E-state index contributed by atoms with van der Waals surface area (Å²) in [4.78, 5) is 8.86. The fourth-order valence-corrected chi connectivity index (χ4v) is 6.42. The van der Waals surface area contributed by atoms with Crippen LogP contribution in [0.15, 0.2) is 84.1 Å². The van der Waals surface area contributed by atoms with E-state index in [1.807, 2.05) is 24.3 Å². The van der Waals surface area contributed by atoms with E-state index in [0.717, 1.165) is 29.2 Å². The van der Waals surface area contributed by atoms with Gasteiger partial charge in [0.1, 0.15) is 17.9 Å². The van der Waals surface area contributed by atoms with Crippen LogP contribution >= 0.6 is 0 Å². The normalized spacial score (nSPS) is 13.9. The topological polar surface area (TPSA) is 101 Å². The molecule has 1 aliphatic carbocycles. The fraction of sp³-hybridized carbons (Fsp3) is 0.207. The second-order valence-electron chi connectivity index (χ2n) is 9.87. The second kappa shape index (κ2) is 10.2. The highest BCUT2D eigenvalue weighted by atomic mass is 32.2. The SMILES string of the molecule is Cc1cc(S(=O)(=O)N(Cc2ccc(OC(F)(F)F)cc2)c2ncc3ccccc3c2C2CC2)ccc1-c1ncn[nH]1. The molecule has 0 amide bonds. The van der Waals surface area contributed by atoms with Crippen LogP contribution in [0.5, 0.6) is 5.75 Å². The molecule has 0 radical (unpaired) electrons. The third-order valence-electron chi connectivity index (χ3n) is 6.98. The number of H-pyrrole nitrogens is 1. The van der Waals surface area contributed by atoms with Crippen molar-refractivity contribution in [2.24, 2.45) is 0 Å². The zero-order valence-corrected chi connectivity index (χ0v) is 22.6. The summed E-state index contributed by atoms with van der Waals surface area (Å²) < 4.78 is 72.0. The smallest absolute Gasteiger partial charge is 0.406 e. The highest BCUT2D eigenvalue weighted by Gasteiger charge is 2.36. The van der Waals surface area contributed by atoms with Gasteiger partial charge in [0.05, 0.1) is 11.4 Å². The van der Waals surface area contributed by atoms with Crippen LogP contribution in [0.25, 0.3) is 22.2 Å². The molecule has 8 nitrogen and oxygen atoms in total. The molecule has 0 spiro atoms. The Kier molecular flexibility index (Phi) is 6.65. The van der Waals surface area contributed by atoms with Gasteiger partial charge in [-0.15, -0.1) is 13.2 Å². The number of nitrogens with one attached hydrogen (secondary N) is 1. The van der Waals surface area contributed by atoms with Crippen molar-refractivity contribution in [3.05, 3.63) is 95.9 Å². The van der Waals surface area contributed by atoms with Gasteiger partial charge in [0, 0.05) is 22.7 Å². The standard InChI is InChI=1S/C29H24F3N5O3S/c1-18-14-23(12-13-24(18)27-34-17-35-36-27)41(38,39)37(16-19-6-10-22(11-7-19)40-29(30,31)32)28-26(20-8-9-20)25-5-3-2-4-21(25)15-33-28/h2-7,10-15,17,20H,8-9,16H2,1H3,(H,34,35,36). The van der Waals surface area contributed by atoms with Crippen molar-refractivity contribution in [1.29, 1.82) is 0 Å². The Bertz CT molecular complexity index is 1820. The number of rotatable bonds is 8. The van der Waals surface area contributed by atoms with E-state index in [1.165, 1.54) is 41.0 Å². The van der Waals surface area contributed by atoms with E-state index in [2.05, 4.69) is 24.9 Å². The molecule has 0 bridgehead atoms. The van der Waals surface area contributed by atoms with Gasteiger partial charge in [-0.2, -0.15) is 5.10 Å². The van der Waals surface area contributed by atoms with Crippen LogP contribution in [0.2, 0.25) is 0 Å². The maximum atomic E-state index is 14.3. The number of anilines is 1. The lowest BCUT2D eigenvalue weighted by atomic mass is 10.0. The lowest BCUT2D eigenvalue weighted by Crippen LogP contribution is -2.32. The number of pyridine rings is 1. The summed E-state index contributed by atoms with van der Waals surface area (Å²) in [5.41, 5.74) is 2.69. The predicted octanol–water partition coefficient (Wildman–Crippen LogP) is 6.50. The lowest BCUT2D eigenvalue weighted by Gasteiger charge is -2.27. The first-order valence-electron chi connectivity index (χ1n) is 12.8. The highest BCUT2D eigenvalue weighted by molar-refractivity contribution is 7.92. The number of benzene rings is 3. The zero-order chi connectivity index (χ0) is 28.8. The number of aryl methyl sites for hydroxylation is 1. The summed E-state index contributed by atoms with van der Waals surface area (Å²) in [6.07, 6.45) is 0.00542. The Hall–Kier alpha value is -4.45. The molecule has 3 aromatic carbocycles. The number of aromatic amines is 1. The number of fused-ring (bicyclic) bond motifs is 1. The lowest BCUT2D eigenvalue weighted by molar-refractivity contribution is -0.274. The second-order valence-corrected chi connectivity index (χ2v) is 11.7. The van der Waals surface area contributed by atoms with Crippen LogP contribution in [0.3, 0.4) is 0 Å². The molecular weight excluding hydrogens is 555 g/mol. The van der Waals surface area contributed by atoms with Crippen molar-refractivity contribution in [3.8, 4) is 17.1 Å². The van der Waals surface area contributed by atoms with Gasteiger partial charge in [-0.3, -0.25) is 5.10 Å². The largest absolute Gasteiger partial charge is 0.573 e. The number of sulfonamides is 1. The van der Waals surface area contributed by atoms with Gasteiger partial charge in [0.15, 0.2) is 5.82 Å². The average molecular weight is 580 g/mol. The molecule has 2 heterocycles. The van der Waals surface area contributed by atoms with Crippen molar-refractivity contribution in [2.75, 3.05) is 4.31 Å². The van der Waals surface area contributed by atoms with E-state index in [0.29, 0.717) is 28.3 Å². The van der Waals surface area contributed by atoms with Crippen molar-refractivity contribution < 1.29 is 26.3 Å². The number of hydrogen-bond donors (Lipinski definition) is 1. The molecule has 0 unspecified atom stereocenters. The first-order valence-corrected chi connectivity index (χ1v) is 14.3. The van der Waals surface area contributed by atoms with Crippen LogP contribution in [-0.2, 0) is 16.6 Å². The monoisotopic (exact) mass is 579 g/mol. The molecule has 210 valence electrons. The molecule has 0 atom stereocenters. The van der Waals surface area contributed by atoms with E-state index in [4.69, 9.17) is 0 Å². The number of aromatic nitrogens is 4. The summed E-state index contributed by atoms with van der Waals surface area (Å²) in [5.74, 6) is 0.576. The highest BCUT2D eigenvalue weighted by Crippen LogP contribution is 2.48. The average Bonchev–Trinajstić information content (AvgIpc) is 3.63. The molecule has 1 fully saturated rings. The van der Waals surface area contributed by atoms with E-state index in [9.17, 15) is 21.6 Å². The molecule has 1 aliphatic rings. The summed E-state index contributed by atoms with van der Waals surface area (Å²) in [7, 11) is -4.18. The third-order valence-corrected chi connectivity index (χ3v) is 8.71. The van der Waals surface area contributed by atoms with Gasteiger partial charge >= 0.3 is 6.36 Å². The van der Waals surface area contributed by atoms with Gasteiger partial charge in [-0.05, 0) is 72.5 Å². The van der Waals surface area contributed by atoms with Crippen LogP contribution in [0.1, 0.15) is 35.4 Å². The fourth-order valence-electron chi connectivity index (χ4n) is 4.91. The van der Waals surface area contributed by atoms with Gasteiger partial charge in [-0.25, -0.2) is 22.7 Å².